The topological polar surface area (TPSA) is 112 Å². The molecule has 2 aromatic rings. The van der Waals surface area contributed by atoms with Crippen LogP contribution < -0.4 is 20.9 Å². The van der Waals surface area contributed by atoms with Crippen LogP contribution in [0.25, 0.3) is 11.3 Å². The van der Waals surface area contributed by atoms with E-state index >= 15 is 0 Å². The number of nitrogen functional groups attached to an aromatic ring is 2. The summed E-state index contributed by atoms with van der Waals surface area (Å²) in [6, 6.07) is 7.03. The van der Waals surface area contributed by atoms with E-state index in [-0.39, 0.29) is 5.96 Å². The fraction of sp³-hybridized carbons (Fsp3) is 0.167. The molecule has 1 aromatic carbocycles. The number of rotatable bonds is 3. The van der Waals surface area contributed by atoms with E-state index in [0.29, 0.717) is 23.0 Å². The molecule has 0 aliphatic rings. The summed E-state index contributed by atoms with van der Waals surface area (Å²) in [6.45, 7) is 0. The van der Waals surface area contributed by atoms with E-state index in [9.17, 15) is 0 Å². The molecule has 0 amide bonds. The SMILES string of the molecule is COc1ccc(-c2cc(N)n(C(=N)N)n2)cc1OC. The Bertz CT molecular complexity index is 621. The number of nitrogens with two attached hydrogens (primary N) is 2. The van der Waals surface area contributed by atoms with Crippen LogP contribution in [-0.2, 0) is 0 Å². The van der Waals surface area contributed by atoms with Crippen LogP contribution in [-0.4, -0.2) is 30.0 Å². The number of methoxy groups -OCH3 is 2. The third-order valence-electron chi connectivity index (χ3n) is 2.64. The number of nitrogens with one attached hydrogen (secondary N) is 1. The second kappa shape index (κ2) is 4.89. The number of aromatic nitrogens is 2. The maximum Gasteiger partial charge on any atom is 0.215 e. The number of anilines is 1. The zero-order valence-corrected chi connectivity index (χ0v) is 10.7. The van der Waals surface area contributed by atoms with Crippen molar-refractivity contribution in [3.63, 3.8) is 0 Å². The van der Waals surface area contributed by atoms with Crippen molar-refractivity contribution in [2.45, 2.75) is 0 Å². The van der Waals surface area contributed by atoms with Crippen molar-refractivity contribution >= 4 is 11.8 Å². The van der Waals surface area contributed by atoms with Crippen molar-refractivity contribution in [1.82, 2.24) is 9.78 Å². The highest BCUT2D eigenvalue weighted by Crippen LogP contribution is 2.32. The summed E-state index contributed by atoms with van der Waals surface area (Å²) >= 11 is 0. The largest absolute Gasteiger partial charge is 0.493 e. The number of hydrogen-bond donors (Lipinski definition) is 3. The maximum atomic E-state index is 7.35. The van der Waals surface area contributed by atoms with Gasteiger partial charge in [-0.2, -0.15) is 9.78 Å². The minimum absolute atomic E-state index is 0.232. The molecular formula is C12H15N5O2. The molecule has 0 fully saturated rings. The molecule has 0 atom stereocenters. The van der Waals surface area contributed by atoms with Gasteiger partial charge in [0.05, 0.1) is 19.9 Å². The van der Waals surface area contributed by atoms with E-state index in [2.05, 4.69) is 5.10 Å². The highest BCUT2D eigenvalue weighted by molar-refractivity contribution is 5.81. The van der Waals surface area contributed by atoms with Crippen molar-refractivity contribution in [3.8, 4) is 22.8 Å². The normalized spacial score (nSPS) is 10.2. The molecule has 0 bridgehead atoms. The molecule has 0 unspecified atom stereocenters. The second-order valence-corrected chi connectivity index (χ2v) is 3.82. The maximum absolute atomic E-state index is 7.35. The third kappa shape index (κ3) is 2.30. The molecule has 0 aliphatic carbocycles. The zero-order valence-electron chi connectivity index (χ0n) is 10.7. The molecule has 5 N–H and O–H groups in total. The molecule has 0 saturated heterocycles. The first kappa shape index (κ1) is 12.7. The van der Waals surface area contributed by atoms with Crippen molar-refractivity contribution in [1.29, 1.82) is 5.41 Å². The highest BCUT2D eigenvalue weighted by Gasteiger charge is 2.11. The molecule has 2 rings (SSSR count). The number of ether oxygens (including phenoxy) is 2. The fourth-order valence-corrected chi connectivity index (χ4v) is 1.73. The summed E-state index contributed by atoms with van der Waals surface area (Å²) in [7, 11) is 3.13. The Morgan fingerprint density at radius 1 is 1.21 bits per heavy atom. The molecule has 0 radical (unpaired) electrons. The van der Waals surface area contributed by atoms with Crippen molar-refractivity contribution in [2.24, 2.45) is 5.73 Å². The Morgan fingerprint density at radius 3 is 2.42 bits per heavy atom. The summed E-state index contributed by atoms with van der Waals surface area (Å²) in [4.78, 5) is 0. The summed E-state index contributed by atoms with van der Waals surface area (Å²) < 4.78 is 11.5. The Labute approximate surface area is 110 Å². The van der Waals surface area contributed by atoms with E-state index in [1.807, 2.05) is 6.07 Å². The van der Waals surface area contributed by atoms with Gasteiger partial charge in [-0.15, -0.1) is 0 Å². The van der Waals surface area contributed by atoms with Gasteiger partial charge in [-0.3, -0.25) is 5.41 Å². The van der Waals surface area contributed by atoms with Crippen LogP contribution in [0.1, 0.15) is 0 Å². The Morgan fingerprint density at radius 2 is 1.89 bits per heavy atom. The lowest BCUT2D eigenvalue weighted by Gasteiger charge is -2.08. The minimum Gasteiger partial charge on any atom is -0.493 e. The van der Waals surface area contributed by atoms with Crippen LogP contribution in [0.4, 0.5) is 5.82 Å². The van der Waals surface area contributed by atoms with Crippen molar-refractivity contribution in [3.05, 3.63) is 24.3 Å². The Balaban J connectivity index is 2.47. The molecule has 7 heteroatoms. The highest BCUT2D eigenvalue weighted by atomic mass is 16.5. The van der Waals surface area contributed by atoms with Crippen LogP contribution in [0, 0.1) is 5.41 Å². The van der Waals surface area contributed by atoms with E-state index in [4.69, 9.17) is 26.4 Å². The van der Waals surface area contributed by atoms with Crippen LogP contribution >= 0.6 is 0 Å². The number of hydrogen-bond acceptors (Lipinski definition) is 5. The first-order valence-corrected chi connectivity index (χ1v) is 5.49. The van der Waals surface area contributed by atoms with Crippen LogP contribution in [0.2, 0.25) is 0 Å². The van der Waals surface area contributed by atoms with Gasteiger partial charge in [0, 0.05) is 11.6 Å². The molecule has 100 valence electrons. The smallest absolute Gasteiger partial charge is 0.215 e. The average molecular weight is 261 g/mol. The van der Waals surface area contributed by atoms with Gasteiger partial charge < -0.3 is 20.9 Å². The molecule has 0 aliphatic heterocycles. The van der Waals surface area contributed by atoms with Gasteiger partial charge >= 0.3 is 0 Å². The van der Waals surface area contributed by atoms with Gasteiger partial charge in [-0.1, -0.05) is 0 Å². The lowest BCUT2D eigenvalue weighted by Crippen LogP contribution is -2.23. The third-order valence-corrected chi connectivity index (χ3v) is 2.64. The van der Waals surface area contributed by atoms with Crippen molar-refractivity contribution < 1.29 is 9.47 Å². The van der Waals surface area contributed by atoms with Crippen LogP contribution in [0.5, 0.6) is 11.5 Å². The first-order valence-electron chi connectivity index (χ1n) is 5.49. The predicted octanol–water partition coefficient (Wildman–Crippen LogP) is 0.891. The summed E-state index contributed by atoms with van der Waals surface area (Å²) in [5, 5.41) is 11.5. The summed E-state index contributed by atoms with van der Waals surface area (Å²) in [5.74, 6) is 1.29. The summed E-state index contributed by atoms with van der Waals surface area (Å²) in [5.41, 5.74) is 12.5. The zero-order chi connectivity index (χ0) is 14.0. The monoisotopic (exact) mass is 261 g/mol. The first-order chi connectivity index (χ1) is 9.06. The second-order valence-electron chi connectivity index (χ2n) is 3.82. The lowest BCUT2D eigenvalue weighted by molar-refractivity contribution is 0.355. The van der Waals surface area contributed by atoms with Gasteiger partial charge in [-0.25, -0.2) is 0 Å². The van der Waals surface area contributed by atoms with Crippen LogP contribution in [0.3, 0.4) is 0 Å². The van der Waals surface area contributed by atoms with Gasteiger partial charge in [0.25, 0.3) is 0 Å². The predicted molar refractivity (Wildman–Crippen MR) is 72.5 cm³/mol. The molecule has 19 heavy (non-hydrogen) atoms. The lowest BCUT2D eigenvalue weighted by atomic mass is 10.1. The van der Waals surface area contributed by atoms with E-state index in [1.165, 1.54) is 0 Å². The van der Waals surface area contributed by atoms with Crippen molar-refractivity contribution in [2.75, 3.05) is 20.0 Å². The quantitative estimate of drug-likeness (QED) is 0.561. The fourth-order valence-electron chi connectivity index (χ4n) is 1.73. The van der Waals surface area contributed by atoms with E-state index in [0.717, 1.165) is 10.2 Å². The van der Waals surface area contributed by atoms with Gasteiger partial charge in [0.15, 0.2) is 11.5 Å². The molecular weight excluding hydrogens is 246 g/mol. The van der Waals surface area contributed by atoms with Gasteiger partial charge in [0.2, 0.25) is 5.96 Å². The molecule has 1 aromatic heterocycles. The number of nitrogens with zero attached hydrogens (tertiary/aromatic N) is 2. The van der Waals surface area contributed by atoms with E-state index < -0.39 is 0 Å². The number of benzene rings is 1. The molecule has 0 spiro atoms. The van der Waals surface area contributed by atoms with Gasteiger partial charge in [0.1, 0.15) is 5.82 Å². The summed E-state index contributed by atoms with van der Waals surface area (Å²) in [6.07, 6.45) is 0. The standard InChI is InChI=1S/C12H15N5O2/c1-18-9-4-3-7(5-10(9)19-2)8-6-11(13)17(16-8)12(14)15/h3-6H,13H2,1-2H3,(H3,14,15). The average Bonchev–Trinajstić information content (AvgIpc) is 2.80. The molecule has 0 saturated carbocycles. The molecule has 1 heterocycles. The Kier molecular flexibility index (Phi) is 3.28. The van der Waals surface area contributed by atoms with E-state index in [1.54, 1.807) is 32.4 Å². The van der Waals surface area contributed by atoms with Gasteiger partial charge in [-0.05, 0) is 18.2 Å². The molecule has 7 nitrogen and oxygen atoms in total. The Hall–Kier alpha value is -2.70. The minimum atomic E-state index is -0.232. The van der Waals surface area contributed by atoms with Crippen LogP contribution in [0.15, 0.2) is 24.3 Å².